The van der Waals surface area contributed by atoms with Crippen molar-refractivity contribution in [1.29, 1.82) is 0 Å². The smallest absolute Gasteiger partial charge is 0.145 e. The molecule has 0 N–H and O–H groups in total. The highest BCUT2D eigenvalue weighted by Crippen LogP contribution is 2.18. The number of allylic oxidation sites excluding steroid dienone is 4. The molecule has 0 fully saturated rings. The lowest BCUT2D eigenvalue weighted by Crippen LogP contribution is -1.99. The summed E-state index contributed by atoms with van der Waals surface area (Å²) in [5.41, 5.74) is 2.10. The van der Waals surface area contributed by atoms with E-state index < -0.39 is 0 Å². The molecular weight excluding hydrogens is 160 g/mol. The summed E-state index contributed by atoms with van der Waals surface area (Å²) < 4.78 is 0. The molecule has 0 rings (SSSR count). The predicted molar refractivity (Wildman–Crippen MR) is 57.7 cm³/mol. The van der Waals surface area contributed by atoms with Gasteiger partial charge < -0.3 is 0 Å². The van der Waals surface area contributed by atoms with E-state index in [-0.39, 0.29) is 0 Å². The number of hydrogen-bond acceptors (Lipinski definition) is 1. The molecule has 0 saturated carbocycles. The van der Waals surface area contributed by atoms with E-state index in [1.54, 1.807) is 0 Å². The van der Waals surface area contributed by atoms with Crippen LogP contribution in [0.1, 0.15) is 40.5 Å². The summed E-state index contributed by atoms with van der Waals surface area (Å²) in [5, 5.41) is 0. The van der Waals surface area contributed by atoms with Crippen LogP contribution in [0.5, 0.6) is 0 Å². The van der Waals surface area contributed by atoms with Gasteiger partial charge in [0.15, 0.2) is 0 Å². The summed E-state index contributed by atoms with van der Waals surface area (Å²) in [6, 6.07) is 0. The fourth-order valence-corrected chi connectivity index (χ4v) is 1.21. The minimum atomic E-state index is 0.515. The van der Waals surface area contributed by atoms with Crippen molar-refractivity contribution in [3.05, 3.63) is 23.3 Å². The summed E-state index contributed by atoms with van der Waals surface area (Å²) in [6.45, 7) is 8.13. The Labute approximate surface area is 81.5 Å². The number of carbonyl (C=O) groups is 1. The second-order valence-electron chi connectivity index (χ2n) is 3.53. The van der Waals surface area contributed by atoms with Crippen LogP contribution < -0.4 is 0 Å². The Balaban J connectivity index is 4.10. The molecule has 0 aromatic carbocycles. The highest BCUT2D eigenvalue weighted by Gasteiger charge is 2.05. The molecule has 1 heteroatoms. The molecule has 0 saturated heterocycles. The van der Waals surface area contributed by atoms with Gasteiger partial charge in [0.05, 0.1) is 0 Å². The molecule has 0 bridgehead atoms. The van der Waals surface area contributed by atoms with Crippen LogP contribution in [0.3, 0.4) is 0 Å². The van der Waals surface area contributed by atoms with E-state index in [4.69, 9.17) is 0 Å². The van der Waals surface area contributed by atoms with Crippen LogP contribution in [0.15, 0.2) is 23.3 Å². The summed E-state index contributed by atoms with van der Waals surface area (Å²) in [4.78, 5) is 10.5. The van der Waals surface area contributed by atoms with Crippen LogP contribution in [0.2, 0.25) is 0 Å². The van der Waals surface area contributed by atoms with Gasteiger partial charge in [0.1, 0.15) is 6.29 Å². The van der Waals surface area contributed by atoms with Gasteiger partial charge in [-0.1, -0.05) is 24.6 Å². The summed E-state index contributed by atoms with van der Waals surface area (Å²) in [5.74, 6) is 0.515. The molecule has 13 heavy (non-hydrogen) atoms. The Morgan fingerprint density at radius 2 is 2.00 bits per heavy atom. The van der Waals surface area contributed by atoms with Crippen molar-refractivity contribution in [3.8, 4) is 0 Å². The average molecular weight is 180 g/mol. The number of hydrogen-bond donors (Lipinski definition) is 0. The second-order valence-corrected chi connectivity index (χ2v) is 3.53. The van der Waals surface area contributed by atoms with Gasteiger partial charge in [-0.25, -0.2) is 0 Å². The molecule has 0 aromatic heterocycles. The molecular formula is C12H20O. The van der Waals surface area contributed by atoms with E-state index in [0.29, 0.717) is 5.92 Å². The molecule has 74 valence electrons. The molecule has 0 aliphatic heterocycles. The zero-order chi connectivity index (χ0) is 10.3. The van der Waals surface area contributed by atoms with Crippen LogP contribution in [0, 0.1) is 5.92 Å². The second kappa shape index (κ2) is 6.64. The third kappa shape index (κ3) is 4.66. The van der Waals surface area contributed by atoms with Gasteiger partial charge >= 0.3 is 0 Å². The van der Waals surface area contributed by atoms with E-state index in [9.17, 15) is 4.79 Å². The van der Waals surface area contributed by atoms with E-state index in [2.05, 4.69) is 19.1 Å². The molecule has 0 radical (unpaired) electrons. The molecule has 0 amide bonds. The molecule has 0 aliphatic carbocycles. The van der Waals surface area contributed by atoms with Crippen molar-refractivity contribution in [1.82, 2.24) is 0 Å². The topological polar surface area (TPSA) is 17.1 Å². The van der Waals surface area contributed by atoms with E-state index >= 15 is 0 Å². The minimum Gasteiger partial charge on any atom is -0.298 e. The minimum absolute atomic E-state index is 0.515. The van der Waals surface area contributed by atoms with Crippen LogP contribution in [0.4, 0.5) is 0 Å². The van der Waals surface area contributed by atoms with Gasteiger partial charge in [-0.05, 0) is 45.1 Å². The molecule has 0 heterocycles. The summed E-state index contributed by atoms with van der Waals surface area (Å²) >= 11 is 0. The molecule has 1 unspecified atom stereocenters. The van der Waals surface area contributed by atoms with Gasteiger partial charge in [0.2, 0.25) is 0 Å². The lowest BCUT2D eigenvalue weighted by molar-refractivity contribution is -0.104. The predicted octanol–water partition coefficient (Wildman–Crippen LogP) is 3.51. The Morgan fingerprint density at radius 1 is 1.38 bits per heavy atom. The highest BCUT2D eigenvalue weighted by molar-refractivity contribution is 5.73. The van der Waals surface area contributed by atoms with Crippen molar-refractivity contribution in [2.45, 2.75) is 40.5 Å². The van der Waals surface area contributed by atoms with E-state index in [1.807, 2.05) is 20.8 Å². The van der Waals surface area contributed by atoms with Gasteiger partial charge in [-0.15, -0.1) is 0 Å². The Bertz CT molecular complexity index is 211. The first kappa shape index (κ1) is 12.2. The standard InChI is InChI=1S/C12H20O/c1-5-6-7-8-10(2)12(4)11(3)9-13/h5-6,9-10H,7-8H2,1-4H3. The van der Waals surface area contributed by atoms with Gasteiger partial charge in [-0.2, -0.15) is 0 Å². The van der Waals surface area contributed by atoms with Crippen molar-refractivity contribution in [2.24, 2.45) is 5.92 Å². The third-order valence-corrected chi connectivity index (χ3v) is 2.54. The van der Waals surface area contributed by atoms with E-state index in [1.165, 1.54) is 5.57 Å². The first-order chi connectivity index (χ1) is 6.13. The SMILES string of the molecule is CC=CCCC(C)C(C)=C(C)C=O. The van der Waals surface area contributed by atoms with Crippen LogP contribution in [0.25, 0.3) is 0 Å². The molecule has 0 aromatic rings. The van der Waals surface area contributed by atoms with Crippen molar-refractivity contribution in [2.75, 3.05) is 0 Å². The van der Waals surface area contributed by atoms with E-state index in [0.717, 1.165) is 24.7 Å². The van der Waals surface area contributed by atoms with Gasteiger partial charge in [-0.3, -0.25) is 4.79 Å². The lowest BCUT2D eigenvalue weighted by atomic mass is 9.94. The first-order valence-corrected chi connectivity index (χ1v) is 4.87. The monoisotopic (exact) mass is 180 g/mol. The number of rotatable bonds is 5. The molecule has 1 nitrogen and oxygen atoms in total. The zero-order valence-corrected chi connectivity index (χ0v) is 9.13. The third-order valence-electron chi connectivity index (χ3n) is 2.54. The van der Waals surface area contributed by atoms with Crippen molar-refractivity contribution < 1.29 is 4.79 Å². The van der Waals surface area contributed by atoms with Crippen molar-refractivity contribution >= 4 is 6.29 Å². The molecule has 1 atom stereocenters. The summed E-state index contributed by atoms with van der Waals surface area (Å²) in [7, 11) is 0. The molecule has 0 spiro atoms. The quantitative estimate of drug-likeness (QED) is 0.359. The Hall–Kier alpha value is -0.850. The fraction of sp³-hybridized carbons (Fsp3) is 0.583. The normalized spacial score (nSPS) is 15.7. The number of aldehydes is 1. The van der Waals surface area contributed by atoms with Crippen LogP contribution >= 0.6 is 0 Å². The first-order valence-electron chi connectivity index (χ1n) is 4.87. The highest BCUT2D eigenvalue weighted by atomic mass is 16.1. The van der Waals surface area contributed by atoms with Gasteiger partial charge in [0.25, 0.3) is 0 Å². The Morgan fingerprint density at radius 3 is 2.46 bits per heavy atom. The summed E-state index contributed by atoms with van der Waals surface area (Å²) in [6.07, 6.45) is 7.41. The maximum atomic E-state index is 10.5. The number of carbonyl (C=O) groups excluding carboxylic acids is 1. The molecule has 0 aliphatic rings. The lowest BCUT2D eigenvalue weighted by Gasteiger charge is -2.11. The maximum absolute atomic E-state index is 10.5. The van der Waals surface area contributed by atoms with Crippen molar-refractivity contribution in [3.63, 3.8) is 0 Å². The van der Waals surface area contributed by atoms with Crippen LogP contribution in [-0.4, -0.2) is 6.29 Å². The largest absolute Gasteiger partial charge is 0.298 e. The maximum Gasteiger partial charge on any atom is 0.145 e. The average Bonchev–Trinajstić information content (AvgIpc) is 2.15. The zero-order valence-electron chi connectivity index (χ0n) is 9.13. The van der Waals surface area contributed by atoms with Gasteiger partial charge in [0, 0.05) is 0 Å². The fourth-order valence-electron chi connectivity index (χ4n) is 1.21. The Kier molecular flexibility index (Phi) is 6.21. The van der Waals surface area contributed by atoms with Crippen LogP contribution in [-0.2, 0) is 4.79 Å².